The van der Waals surface area contributed by atoms with Crippen molar-refractivity contribution >= 4 is 0 Å². The normalized spacial score (nSPS) is 8.00. The summed E-state index contributed by atoms with van der Waals surface area (Å²) >= 11 is 0. The van der Waals surface area contributed by atoms with Gasteiger partial charge < -0.3 is 10.8 Å². The van der Waals surface area contributed by atoms with E-state index in [1.54, 1.807) is 0 Å². The minimum absolute atomic E-state index is 0.741. The number of aliphatic hydroxyl groups excluding tert-OH is 1. The monoisotopic (exact) mass is 223 g/mol. The predicted molar refractivity (Wildman–Crippen MR) is 72.7 cm³/mol. The standard InChI is InChI=1S/C9H13N.C3H8.C2H4O/c1-8-4-2-3-5-9(8)6-7-10;1-3-2;1-2-3/h2-5H,6-7,10H2,1H3;3H2,1-2H3;2-3H,1H2. The second kappa shape index (κ2) is 13.7. The van der Waals surface area contributed by atoms with E-state index < -0.39 is 0 Å². The molecule has 2 nitrogen and oxygen atoms in total. The maximum absolute atomic E-state index is 7.33. The van der Waals surface area contributed by atoms with Gasteiger partial charge in [0.25, 0.3) is 0 Å². The Labute approximate surface area is 99.8 Å². The van der Waals surface area contributed by atoms with Crippen LogP contribution in [0.15, 0.2) is 37.1 Å². The molecule has 0 aromatic heterocycles. The van der Waals surface area contributed by atoms with Crippen molar-refractivity contribution in [3.05, 3.63) is 48.2 Å². The van der Waals surface area contributed by atoms with Crippen LogP contribution in [0.25, 0.3) is 0 Å². The first kappa shape index (κ1) is 17.1. The van der Waals surface area contributed by atoms with Gasteiger partial charge in [-0.2, -0.15) is 0 Å². The largest absolute Gasteiger partial charge is 0.516 e. The summed E-state index contributed by atoms with van der Waals surface area (Å²) in [5, 5.41) is 7.33. The quantitative estimate of drug-likeness (QED) is 0.752. The molecule has 0 unspecified atom stereocenters. The lowest BCUT2D eigenvalue weighted by molar-refractivity contribution is 0.476. The van der Waals surface area contributed by atoms with Gasteiger partial charge in [0, 0.05) is 0 Å². The van der Waals surface area contributed by atoms with Gasteiger partial charge in [-0.3, -0.25) is 0 Å². The SMILES string of the molecule is C=CO.CCC.Cc1ccccc1CCN. The molecular formula is C14H25NO. The third-order valence-electron chi connectivity index (χ3n) is 1.67. The van der Waals surface area contributed by atoms with Gasteiger partial charge in [0.1, 0.15) is 0 Å². The third kappa shape index (κ3) is 10.8. The van der Waals surface area contributed by atoms with E-state index in [1.807, 2.05) is 0 Å². The fraction of sp³-hybridized carbons (Fsp3) is 0.429. The van der Waals surface area contributed by atoms with Crippen molar-refractivity contribution in [2.75, 3.05) is 6.54 Å². The Morgan fingerprint density at radius 2 is 1.75 bits per heavy atom. The Hall–Kier alpha value is -1.28. The van der Waals surface area contributed by atoms with Gasteiger partial charge in [0.2, 0.25) is 0 Å². The summed E-state index contributed by atoms with van der Waals surface area (Å²) in [6.07, 6.45) is 2.99. The molecule has 0 aliphatic rings. The molecule has 92 valence electrons. The Morgan fingerprint density at radius 1 is 1.31 bits per heavy atom. The van der Waals surface area contributed by atoms with E-state index in [0.717, 1.165) is 19.2 Å². The first-order valence-corrected chi connectivity index (χ1v) is 5.67. The van der Waals surface area contributed by atoms with E-state index in [1.165, 1.54) is 17.5 Å². The van der Waals surface area contributed by atoms with E-state index in [-0.39, 0.29) is 0 Å². The molecule has 0 amide bonds. The molecule has 0 heterocycles. The smallest absolute Gasteiger partial charge is 0.0719 e. The van der Waals surface area contributed by atoms with E-state index >= 15 is 0 Å². The third-order valence-corrected chi connectivity index (χ3v) is 1.67. The molecule has 1 rings (SSSR count). The number of benzene rings is 1. The fourth-order valence-electron chi connectivity index (χ4n) is 1.05. The van der Waals surface area contributed by atoms with Crippen LogP contribution in [0.1, 0.15) is 31.4 Å². The fourth-order valence-corrected chi connectivity index (χ4v) is 1.05. The molecule has 0 radical (unpaired) electrons. The zero-order valence-electron chi connectivity index (χ0n) is 10.7. The van der Waals surface area contributed by atoms with Gasteiger partial charge in [-0.1, -0.05) is 51.1 Å². The highest BCUT2D eigenvalue weighted by Crippen LogP contribution is 2.05. The molecule has 0 bridgehead atoms. The van der Waals surface area contributed by atoms with Crippen molar-refractivity contribution in [2.45, 2.75) is 33.6 Å². The molecule has 0 atom stereocenters. The molecule has 1 aromatic carbocycles. The maximum atomic E-state index is 7.33. The summed E-state index contributed by atoms with van der Waals surface area (Å²) in [6, 6.07) is 8.35. The number of hydrogen-bond donors (Lipinski definition) is 2. The maximum Gasteiger partial charge on any atom is 0.0719 e. The molecule has 0 fully saturated rings. The van der Waals surface area contributed by atoms with Crippen LogP contribution in [0.3, 0.4) is 0 Å². The van der Waals surface area contributed by atoms with Gasteiger partial charge in [-0.05, 0) is 31.0 Å². The molecule has 0 spiro atoms. The highest BCUT2D eigenvalue weighted by Gasteiger charge is 1.92. The minimum Gasteiger partial charge on any atom is -0.516 e. The number of aliphatic hydroxyl groups is 1. The molecule has 3 N–H and O–H groups in total. The van der Waals surface area contributed by atoms with Gasteiger partial charge in [0.15, 0.2) is 0 Å². The van der Waals surface area contributed by atoms with Crippen LogP contribution in [0.4, 0.5) is 0 Å². The number of aryl methyl sites for hydroxylation is 1. The molecule has 0 saturated carbocycles. The molecule has 0 aliphatic heterocycles. The van der Waals surface area contributed by atoms with Gasteiger partial charge >= 0.3 is 0 Å². The van der Waals surface area contributed by atoms with Crippen molar-refractivity contribution in [3.8, 4) is 0 Å². The van der Waals surface area contributed by atoms with Crippen LogP contribution in [-0.4, -0.2) is 11.7 Å². The van der Waals surface area contributed by atoms with E-state index in [9.17, 15) is 0 Å². The van der Waals surface area contributed by atoms with Crippen molar-refractivity contribution in [1.29, 1.82) is 0 Å². The Balaban J connectivity index is 0. The lowest BCUT2D eigenvalue weighted by atomic mass is 10.1. The predicted octanol–water partition coefficient (Wildman–Crippen LogP) is 3.60. The summed E-state index contributed by atoms with van der Waals surface area (Å²) in [4.78, 5) is 0. The summed E-state index contributed by atoms with van der Waals surface area (Å²) in [5.41, 5.74) is 8.14. The Morgan fingerprint density at radius 3 is 2.12 bits per heavy atom. The topological polar surface area (TPSA) is 46.2 Å². The highest BCUT2D eigenvalue weighted by atomic mass is 16.2. The first-order chi connectivity index (χ1) is 7.67. The van der Waals surface area contributed by atoms with E-state index in [0.29, 0.717) is 0 Å². The molecule has 1 aromatic rings. The summed E-state index contributed by atoms with van der Waals surface area (Å²) in [6.45, 7) is 10.0. The first-order valence-electron chi connectivity index (χ1n) is 5.67. The Kier molecular flexibility index (Phi) is 14.7. The molecule has 2 heteroatoms. The van der Waals surface area contributed by atoms with Crippen LogP contribution >= 0.6 is 0 Å². The average molecular weight is 223 g/mol. The van der Waals surface area contributed by atoms with Crippen molar-refractivity contribution in [2.24, 2.45) is 5.73 Å². The van der Waals surface area contributed by atoms with Gasteiger partial charge in [-0.15, -0.1) is 0 Å². The minimum atomic E-state index is 0.741. The van der Waals surface area contributed by atoms with Crippen LogP contribution in [-0.2, 0) is 6.42 Å². The molecular weight excluding hydrogens is 198 g/mol. The van der Waals surface area contributed by atoms with Gasteiger partial charge in [-0.25, -0.2) is 0 Å². The number of rotatable bonds is 2. The second-order valence-corrected chi connectivity index (χ2v) is 3.35. The van der Waals surface area contributed by atoms with Crippen LogP contribution < -0.4 is 5.73 Å². The van der Waals surface area contributed by atoms with Crippen molar-refractivity contribution in [1.82, 2.24) is 0 Å². The van der Waals surface area contributed by atoms with Gasteiger partial charge in [0.05, 0.1) is 6.26 Å². The second-order valence-electron chi connectivity index (χ2n) is 3.35. The summed E-state index contributed by atoms with van der Waals surface area (Å²) < 4.78 is 0. The molecule has 0 aliphatic carbocycles. The van der Waals surface area contributed by atoms with Crippen molar-refractivity contribution in [3.63, 3.8) is 0 Å². The Bertz CT molecular complexity index is 259. The molecule has 0 saturated heterocycles. The lowest BCUT2D eigenvalue weighted by Crippen LogP contribution is -2.03. The number of nitrogens with two attached hydrogens (primary N) is 1. The van der Waals surface area contributed by atoms with Crippen LogP contribution in [0.5, 0.6) is 0 Å². The summed E-state index contributed by atoms with van der Waals surface area (Å²) in [7, 11) is 0. The average Bonchev–Trinajstić information content (AvgIpc) is 2.24. The number of hydrogen-bond acceptors (Lipinski definition) is 2. The zero-order valence-corrected chi connectivity index (χ0v) is 10.7. The highest BCUT2D eigenvalue weighted by molar-refractivity contribution is 5.25. The van der Waals surface area contributed by atoms with Crippen LogP contribution in [0, 0.1) is 6.92 Å². The summed E-state index contributed by atoms with van der Waals surface area (Å²) in [5.74, 6) is 0. The molecule has 16 heavy (non-hydrogen) atoms. The van der Waals surface area contributed by atoms with Crippen molar-refractivity contribution < 1.29 is 5.11 Å². The van der Waals surface area contributed by atoms with Crippen LogP contribution in [0.2, 0.25) is 0 Å². The lowest BCUT2D eigenvalue weighted by Gasteiger charge is -2.01. The zero-order chi connectivity index (χ0) is 12.8. The van der Waals surface area contributed by atoms with E-state index in [4.69, 9.17) is 10.8 Å². The van der Waals surface area contributed by atoms with E-state index in [2.05, 4.69) is 51.6 Å².